The number of aromatic amines is 1. The second kappa shape index (κ2) is 12.9. The minimum atomic E-state index is -0.225. The van der Waals surface area contributed by atoms with Crippen LogP contribution in [0.5, 0.6) is 11.5 Å². The second-order valence-electron chi connectivity index (χ2n) is 8.62. The highest BCUT2D eigenvalue weighted by Gasteiger charge is 2.22. The van der Waals surface area contributed by atoms with Crippen molar-refractivity contribution in [1.29, 1.82) is 0 Å². The fourth-order valence-corrected chi connectivity index (χ4v) is 4.39. The van der Waals surface area contributed by atoms with Gasteiger partial charge in [0.15, 0.2) is 24.2 Å². The molecule has 37 heavy (non-hydrogen) atoms. The van der Waals surface area contributed by atoms with E-state index in [2.05, 4.69) is 33.2 Å². The molecule has 0 spiro atoms. The van der Waals surface area contributed by atoms with Crippen LogP contribution in [-0.2, 0) is 20.8 Å². The maximum atomic E-state index is 5.92. The number of nitrogens with one attached hydrogen (secondary N) is 1. The molecule has 0 bridgehead atoms. The van der Waals surface area contributed by atoms with Crippen LogP contribution in [-0.4, -0.2) is 73.8 Å². The molecule has 1 aliphatic heterocycles. The van der Waals surface area contributed by atoms with E-state index in [4.69, 9.17) is 42.3 Å². The summed E-state index contributed by atoms with van der Waals surface area (Å²) in [5.41, 5.74) is 3.60. The highest BCUT2D eigenvalue weighted by atomic mass is 32.1. The Bertz CT molecular complexity index is 1280. The van der Waals surface area contributed by atoms with Gasteiger partial charge in [-0.15, -0.1) is 6.42 Å². The first kappa shape index (κ1) is 26.9. The Morgan fingerprint density at radius 2 is 1.76 bits per heavy atom. The van der Waals surface area contributed by atoms with E-state index in [0.717, 1.165) is 44.1 Å². The van der Waals surface area contributed by atoms with E-state index in [9.17, 15) is 0 Å². The predicted molar refractivity (Wildman–Crippen MR) is 143 cm³/mol. The number of benzene rings is 2. The van der Waals surface area contributed by atoms with Crippen molar-refractivity contribution in [3.8, 4) is 40.9 Å². The third-order valence-electron chi connectivity index (χ3n) is 6.11. The van der Waals surface area contributed by atoms with Crippen molar-refractivity contribution >= 4 is 12.2 Å². The summed E-state index contributed by atoms with van der Waals surface area (Å²) in [5, 5.41) is 7.48. The van der Waals surface area contributed by atoms with E-state index in [1.165, 1.54) is 5.56 Å². The summed E-state index contributed by atoms with van der Waals surface area (Å²) in [6, 6.07) is 12.0. The molecule has 1 aliphatic rings. The second-order valence-corrected chi connectivity index (χ2v) is 9.01. The van der Waals surface area contributed by atoms with Gasteiger partial charge in [0.05, 0.1) is 18.8 Å². The quantitative estimate of drug-likeness (QED) is 0.228. The zero-order valence-corrected chi connectivity index (χ0v) is 22.2. The van der Waals surface area contributed by atoms with Gasteiger partial charge in [0, 0.05) is 57.1 Å². The van der Waals surface area contributed by atoms with Crippen molar-refractivity contribution in [1.82, 2.24) is 19.7 Å². The monoisotopic (exact) mass is 524 g/mol. The van der Waals surface area contributed by atoms with E-state index in [0.29, 0.717) is 27.7 Å². The lowest BCUT2D eigenvalue weighted by atomic mass is 9.97. The zero-order valence-electron chi connectivity index (χ0n) is 21.4. The zero-order chi connectivity index (χ0) is 26.2. The number of hydrogen-bond donors (Lipinski definition) is 1. The summed E-state index contributed by atoms with van der Waals surface area (Å²) < 4.78 is 29.8. The van der Waals surface area contributed by atoms with Crippen LogP contribution in [0.3, 0.4) is 0 Å². The van der Waals surface area contributed by atoms with Crippen molar-refractivity contribution in [2.24, 2.45) is 0 Å². The van der Waals surface area contributed by atoms with Crippen LogP contribution >= 0.6 is 12.2 Å². The van der Waals surface area contributed by atoms with Crippen molar-refractivity contribution < 1.29 is 23.7 Å². The number of H-pyrrole nitrogens is 1. The topological polar surface area (TPSA) is 83.0 Å². The molecule has 0 radical (unpaired) electrons. The Hall–Kier alpha value is -3.20. The number of aromatic nitrogens is 3. The molecule has 1 aromatic heterocycles. The molecule has 0 amide bonds. The van der Waals surface area contributed by atoms with E-state index in [-0.39, 0.29) is 19.5 Å². The molecule has 1 saturated heterocycles. The minimum absolute atomic E-state index is 0.0438. The normalized spacial score (nSPS) is 14.8. The van der Waals surface area contributed by atoms with Gasteiger partial charge in [0.2, 0.25) is 0 Å². The molecule has 1 fully saturated rings. The molecular weight excluding hydrogens is 492 g/mol. The van der Waals surface area contributed by atoms with Gasteiger partial charge in [-0.25, -0.2) is 0 Å². The lowest BCUT2D eigenvalue weighted by molar-refractivity contribution is 0.0342. The Balaban J connectivity index is 1.74. The van der Waals surface area contributed by atoms with Crippen LogP contribution in [0.4, 0.5) is 0 Å². The Kier molecular flexibility index (Phi) is 9.33. The predicted octanol–water partition coefficient (Wildman–Crippen LogP) is 4.13. The third-order valence-corrected chi connectivity index (χ3v) is 6.38. The SMILES string of the molecule is C#CC(C)c1cc(-c2n[nH]c(=S)n2-c2ccc(CN3CCOCC3)cc2)c(OCOC)cc1OCOC. The van der Waals surface area contributed by atoms with Gasteiger partial charge < -0.3 is 23.7 Å². The average Bonchev–Trinajstić information content (AvgIpc) is 3.32. The number of nitrogens with zero attached hydrogens (tertiary/aromatic N) is 3. The van der Waals surface area contributed by atoms with Crippen molar-refractivity contribution in [2.75, 3.05) is 54.1 Å². The molecule has 1 unspecified atom stereocenters. The molecule has 0 saturated carbocycles. The van der Waals surface area contributed by atoms with Crippen LogP contribution in [0.2, 0.25) is 0 Å². The number of terminal acetylenes is 1. The first-order valence-electron chi connectivity index (χ1n) is 12.0. The summed E-state index contributed by atoms with van der Waals surface area (Å²) in [7, 11) is 3.12. The van der Waals surface area contributed by atoms with Crippen molar-refractivity contribution in [3.63, 3.8) is 0 Å². The van der Waals surface area contributed by atoms with Crippen molar-refractivity contribution in [3.05, 3.63) is 52.3 Å². The van der Waals surface area contributed by atoms with Gasteiger partial charge in [-0.1, -0.05) is 18.1 Å². The minimum Gasteiger partial charge on any atom is -0.467 e. The van der Waals surface area contributed by atoms with Gasteiger partial charge in [0.25, 0.3) is 0 Å². The summed E-state index contributed by atoms with van der Waals surface area (Å²) in [6.45, 7) is 6.34. The van der Waals surface area contributed by atoms with Gasteiger partial charge in [0.1, 0.15) is 11.5 Å². The molecular formula is C27H32N4O5S. The lowest BCUT2D eigenvalue weighted by Crippen LogP contribution is -2.35. The molecule has 10 heteroatoms. The Labute approximate surface area is 222 Å². The molecule has 9 nitrogen and oxygen atoms in total. The molecule has 4 rings (SSSR count). The molecule has 1 N–H and O–H groups in total. The number of rotatable bonds is 11. The Morgan fingerprint density at radius 3 is 2.41 bits per heavy atom. The van der Waals surface area contributed by atoms with E-state index < -0.39 is 0 Å². The van der Waals surface area contributed by atoms with Crippen LogP contribution in [0.15, 0.2) is 36.4 Å². The molecule has 1 atom stereocenters. The van der Waals surface area contributed by atoms with Crippen LogP contribution < -0.4 is 9.47 Å². The fourth-order valence-electron chi connectivity index (χ4n) is 4.16. The first-order valence-corrected chi connectivity index (χ1v) is 12.4. The number of ether oxygens (including phenoxy) is 5. The van der Waals surface area contributed by atoms with E-state index in [1.54, 1.807) is 20.3 Å². The molecule has 2 heterocycles. The van der Waals surface area contributed by atoms with Crippen LogP contribution in [0.1, 0.15) is 24.0 Å². The van der Waals surface area contributed by atoms with Gasteiger partial charge in [-0.3, -0.25) is 14.6 Å². The van der Waals surface area contributed by atoms with Gasteiger partial charge >= 0.3 is 0 Å². The summed E-state index contributed by atoms with van der Waals surface area (Å²) in [4.78, 5) is 2.38. The Morgan fingerprint density at radius 1 is 1.08 bits per heavy atom. The third kappa shape index (κ3) is 6.39. The summed E-state index contributed by atoms with van der Waals surface area (Å²) in [6.07, 6.45) is 5.77. The summed E-state index contributed by atoms with van der Waals surface area (Å²) in [5.74, 6) is 4.21. The standard InChI is InChI=1S/C27H32N4O5S/c1-5-19(2)22-14-23(25(36-18-33-4)15-24(22)35-17-32-3)26-28-29-27(37)31(26)21-8-6-20(7-9-21)16-30-10-12-34-13-11-30/h1,6-9,14-15,19H,10-13,16-18H2,2-4H3,(H,29,37). The fraction of sp³-hybridized carbons (Fsp3) is 0.407. The highest BCUT2D eigenvalue weighted by Crippen LogP contribution is 2.39. The number of morpholine rings is 1. The number of methoxy groups -OCH3 is 2. The highest BCUT2D eigenvalue weighted by molar-refractivity contribution is 7.71. The van der Waals surface area contributed by atoms with E-state index >= 15 is 0 Å². The maximum Gasteiger partial charge on any atom is 0.200 e. The van der Waals surface area contributed by atoms with Gasteiger partial charge in [-0.05, 0) is 42.9 Å². The smallest absolute Gasteiger partial charge is 0.200 e. The van der Waals surface area contributed by atoms with Crippen molar-refractivity contribution in [2.45, 2.75) is 19.4 Å². The molecule has 3 aromatic rings. The summed E-state index contributed by atoms with van der Waals surface area (Å²) >= 11 is 5.62. The number of hydrogen-bond acceptors (Lipinski definition) is 8. The molecule has 196 valence electrons. The average molecular weight is 525 g/mol. The largest absolute Gasteiger partial charge is 0.467 e. The molecule has 0 aliphatic carbocycles. The van der Waals surface area contributed by atoms with Crippen LogP contribution in [0, 0.1) is 17.1 Å². The van der Waals surface area contributed by atoms with Gasteiger partial charge in [-0.2, -0.15) is 5.10 Å². The molecule has 2 aromatic carbocycles. The first-order chi connectivity index (χ1) is 18.0. The van der Waals surface area contributed by atoms with Crippen LogP contribution in [0.25, 0.3) is 17.1 Å². The van der Waals surface area contributed by atoms with E-state index in [1.807, 2.05) is 29.7 Å². The lowest BCUT2D eigenvalue weighted by Gasteiger charge is -2.26. The maximum absolute atomic E-state index is 5.92.